The third-order valence-corrected chi connectivity index (χ3v) is 4.69. The number of carbonyl (C=O) groups excluding carboxylic acids is 2. The Balaban J connectivity index is 1.47. The highest BCUT2D eigenvalue weighted by atomic mass is 35.5. The molecule has 0 aliphatic carbocycles. The highest BCUT2D eigenvalue weighted by Crippen LogP contribution is 2.26. The topological polar surface area (TPSA) is 58.6 Å². The van der Waals surface area contributed by atoms with E-state index < -0.39 is 0 Å². The van der Waals surface area contributed by atoms with Crippen LogP contribution in [0.5, 0.6) is 5.75 Å². The predicted molar refractivity (Wildman–Crippen MR) is 102 cm³/mol. The van der Waals surface area contributed by atoms with E-state index in [1.807, 2.05) is 12.1 Å². The largest absolute Gasteiger partial charge is 0.490 e. The molecule has 5 nitrogen and oxygen atoms in total. The first-order valence-corrected chi connectivity index (χ1v) is 9.01. The van der Waals surface area contributed by atoms with Crippen LogP contribution >= 0.6 is 23.2 Å². The summed E-state index contributed by atoms with van der Waals surface area (Å²) in [6, 6.07) is 14.2. The first-order chi connectivity index (χ1) is 12.5. The van der Waals surface area contributed by atoms with E-state index in [1.54, 1.807) is 41.3 Å². The van der Waals surface area contributed by atoms with Gasteiger partial charge in [0.05, 0.1) is 17.5 Å². The maximum atomic E-state index is 12.3. The minimum absolute atomic E-state index is 0.0696. The van der Waals surface area contributed by atoms with Gasteiger partial charge in [-0.25, -0.2) is 0 Å². The Bertz CT molecular complexity index is 796. The van der Waals surface area contributed by atoms with E-state index in [1.165, 1.54) is 0 Å². The summed E-state index contributed by atoms with van der Waals surface area (Å²) in [7, 11) is 0. The standard InChI is InChI=1S/C19H18Cl2N2O3/c20-14-5-7-15(8-6-14)23-12-13(11-18(23)24)19(25)22-9-10-26-17-4-2-1-3-16(17)21/h1-8,13H,9-12H2,(H,22,25)/t13-/m1/s1. The monoisotopic (exact) mass is 392 g/mol. The summed E-state index contributed by atoms with van der Waals surface area (Å²) in [4.78, 5) is 26.1. The third-order valence-electron chi connectivity index (χ3n) is 4.13. The van der Waals surface area contributed by atoms with Crippen molar-refractivity contribution < 1.29 is 14.3 Å². The van der Waals surface area contributed by atoms with Crippen LogP contribution in [-0.2, 0) is 9.59 Å². The maximum absolute atomic E-state index is 12.3. The second kappa shape index (κ2) is 8.43. The number of anilines is 1. The second-order valence-corrected chi connectivity index (χ2v) is 6.80. The fourth-order valence-corrected chi connectivity index (χ4v) is 3.11. The van der Waals surface area contributed by atoms with Crippen molar-refractivity contribution in [2.24, 2.45) is 5.92 Å². The fourth-order valence-electron chi connectivity index (χ4n) is 2.80. The lowest BCUT2D eigenvalue weighted by Gasteiger charge is -2.17. The molecule has 0 aromatic heterocycles. The van der Waals surface area contributed by atoms with Crippen LogP contribution in [0, 0.1) is 5.92 Å². The number of halogens is 2. The zero-order valence-electron chi connectivity index (χ0n) is 14.0. The molecule has 0 saturated carbocycles. The minimum Gasteiger partial charge on any atom is -0.490 e. The van der Waals surface area contributed by atoms with Gasteiger partial charge in [-0.05, 0) is 36.4 Å². The molecule has 26 heavy (non-hydrogen) atoms. The molecular weight excluding hydrogens is 375 g/mol. The normalized spacial score (nSPS) is 16.6. The Morgan fingerprint density at radius 2 is 1.88 bits per heavy atom. The number of para-hydroxylation sites is 1. The highest BCUT2D eigenvalue weighted by molar-refractivity contribution is 6.32. The SMILES string of the molecule is O=C(NCCOc1ccccc1Cl)[C@@H]1CC(=O)N(c2ccc(Cl)cc2)C1. The van der Waals surface area contributed by atoms with Crippen LogP contribution in [0.25, 0.3) is 0 Å². The summed E-state index contributed by atoms with van der Waals surface area (Å²) < 4.78 is 5.54. The Morgan fingerprint density at radius 1 is 1.15 bits per heavy atom. The molecule has 1 fully saturated rings. The van der Waals surface area contributed by atoms with Gasteiger partial charge < -0.3 is 15.0 Å². The molecule has 1 heterocycles. The number of nitrogens with one attached hydrogen (secondary N) is 1. The van der Waals surface area contributed by atoms with E-state index >= 15 is 0 Å². The smallest absolute Gasteiger partial charge is 0.227 e. The number of ether oxygens (including phenoxy) is 1. The molecule has 2 aromatic rings. The average Bonchev–Trinajstić information content (AvgIpc) is 3.02. The predicted octanol–water partition coefficient (Wildman–Crippen LogP) is 3.54. The Morgan fingerprint density at radius 3 is 2.62 bits per heavy atom. The van der Waals surface area contributed by atoms with Crippen molar-refractivity contribution in [2.45, 2.75) is 6.42 Å². The molecule has 7 heteroatoms. The van der Waals surface area contributed by atoms with Gasteiger partial charge in [0.1, 0.15) is 12.4 Å². The molecule has 1 saturated heterocycles. The number of rotatable bonds is 6. The minimum atomic E-state index is -0.376. The van der Waals surface area contributed by atoms with Crippen LogP contribution in [0.4, 0.5) is 5.69 Å². The quantitative estimate of drug-likeness (QED) is 0.764. The molecule has 136 valence electrons. The van der Waals surface area contributed by atoms with E-state index in [0.717, 1.165) is 5.69 Å². The van der Waals surface area contributed by atoms with Gasteiger partial charge in [0.25, 0.3) is 0 Å². The van der Waals surface area contributed by atoms with Crippen molar-refractivity contribution in [2.75, 3.05) is 24.6 Å². The van der Waals surface area contributed by atoms with Gasteiger partial charge in [0, 0.05) is 23.7 Å². The lowest BCUT2D eigenvalue weighted by molar-refractivity contribution is -0.126. The fraction of sp³-hybridized carbons (Fsp3) is 0.263. The van der Waals surface area contributed by atoms with Gasteiger partial charge in [0.2, 0.25) is 11.8 Å². The molecule has 1 aliphatic heterocycles. The second-order valence-electron chi connectivity index (χ2n) is 5.95. The molecular formula is C19H18Cl2N2O3. The maximum Gasteiger partial charge on any atom is 0.227 e. The lowest BCUT2D eigenvalue weighted by atomic mass is 10.1. The van der Waals surface area contributed by atoms with Gasteiger partial charge in [-0.2, -0.15) is 0 Å². The first kappa shape index (κ1) is 18.5. The lowest BCUT2D eigenvalue weighted by Crippen LogP contribution is -2.35. The Hall–Kier alpha value is -2.24. The van der Waals surface area contributed by atoms with E-state index in [-0.39, 0.29) is 24.2 Å². The molecule has 0 unspecified atom stereocenters. The molecule has 0 spiro atoms. The molecule has 1 atom stereocenters. The Kier molecular flexibility index (Phi) is 6.01. The van der Waals surface area contributed by atoms with Crippen LogP contribution in [0.3, 0.4) is 0 Å². The molecule has 3 rings (SSSR count). The molecule has 2 amide bonds. The molecule has 1 N–H and O–H groups in total. The van der Waals surface area contributed by atoms with E-state index in [9.17, 15) is 9.59 Å². The summed E-state index contributed by atoms with van der Waals surface area (Å²) >= 11 is 11.9. The van der Waals surface area contributed by atoms with Crippen molar-refractivity contribution in [1.82, 2.24) is 5.32 Å². The first-order valence-electron chi connectivity index (χ1n) is 8.25. The van der Waals surface area contributed by atoms with Crippen molar-refractivity contribution in [3.63, 3.8) is 0 Å². The van der Waals surface area contributed by atoms with Gasteiger partial charge in [-0.3, -0.25) is 9.59 Å². The van der Waals surface area contributed by atoms with Crippen LogP contribution in [0.2, 0.25) is 10.0 Å². The Labute approximate surface area is 161 Å². The van der Waals surface area contributed by atoms with E-state index in [2.05, 4.69) is 5.32 Å². The van der Waals surface area contributed by atoms with Crippen LogP contribution < -0.4 is 15.0 Å². The van der Waals surface area contributed by atoms with E-state index in [4.69, 9.17) is 27.9 Å². The number of carbonyl (C=O) groups is 2. The van der Waals surface area contributed by atoms with Crippen molar-refractivity contribution in [1.29, 1.82) is 0 Å². The molecule has 1 aliphatic rings. The van der Waals surface area contributed by atoms with Crippen LogP contribution in [0.15, 0.2) is 48.5 Å². The summed E-state index contributed by atoms with van der Waals surface area (Å²) in [5, 5.41) is 3.94. The van der Waals surface area contributed by atoms with Crippen LogP contribution in [-0.4, -0.2) is 31.5 Å². The zero-order chi connectivity index (χ0) is 18.5. The van der Waals surface area contributed by atoms with Crippen molar-refractivity contribution in [3.05, 3.63) is 58.6 Å². The zero-order valence-corrected chi connectivity index (χ0v) is 15.5. The summed E-state index contributed by atoms with van der Waals surface area (Å²) in [5.41, 5.74) is 0.747. The molecule has 0 bridgehead atoms. The van der Waals surface area contributed by atoms with Crippen LogP contribution in [0.1, 0.15) is 6.42 Å². The van der Waals surface area contributed by atoms with Gasteiger partial charge in [0.15, 0.2) is 0 Å². The summed E-state index contributed by atoms with van der Waals surface area (Å²) in [5.74, 6) is -0.0239. The molecule has 0 radical (unpaired) electrons. The summed E-state index contributed by atoms with van der Waals surface area (Å²) in [6.07, 6.45) is 0.194. The van der Waals surface area contributed by atoms with Crippen molar-refractivity contribution in [3.8, 4) is 5.75 Å². The number of hydrogen-bond acceptors (Lipinski definition) is 3. The van der Waals surface area contributed by atoms with E-state index in [0.29, 0.717) is 35.5 Å². The number of amides is 2. The number of benzene rings is 2. The van der Waals surface area contributed by atoms with Gasteiger partial charge >= 0.3 is 0 Å². The summed E-state index contributed by atoms with van der Waals surface area (Å²) in [6.45, 7) is 1.00. The number of hydrogen-bond donors (Lipinski definition) is 1. The van der Waals surface area contributed by atoms with Gasteiger partial charge in [-0.15, -0.1) is 0 Å². The average molecular weight is 393 g/mol. The van der Waals surface area contributed by atoms with Crippen molar-refractivity contribution >= 4 is 40.7 Å². The number of nitrogens with zero attached hydrogens (tertiary/aromatic N) is 1. The third kappa shape index (κ3) is 4.48. The van der Waals surface area contributed by atoms with Gasteiger partial charge in [-0.1, -0.05) is 35.3 Å². The molecule has 2 aromatic carbocycles. The highest BCUT2D eigenvalue weighted by Gasteiger charge is 2.34.